The summed E-state index contributed by atoms with van der Waals surface area (Å²) in [7, 11) is 0. The highest BCUT2D eigenvalue weighted by molar-refractivity contribution is 6.00. The lowest BCUT2D eigenvalue weighted by atomic mass is 9.99. The fourth-order valence-corrected chi connectivity index (χ4v) is 3.34. The Balaban J connectivity index is 2.27. The second-order valence-electron chi connectivity index (χ2n) is 8.47. The predicted octanol–water partition coefficient (Wildman–Crippen LogP) is 4.38. The van der Waals surface area contributed by atoms with Crippen molar-refractivity contribution < 1.29 is 14.7 Å². The van der Waals surface area contributed by atoms with Crippen molar-refractivity contribution in [3.8, 4) is 11.1 Å². The van der Waals surface area contributed by atoms with Crippen LogP contribution in [0.3, 0.4) is 0 Å². The van der Waals surface area contributed by atoms with Crippen LogP contribution in [0.4, 0.5) is 11.5 Å². The number of carbonyl (C=O) groups is 2. The summed E-state index contributed by atoms with van der Waals surface area (Å²) in [4.78, 5) is 29.3. The van der Waals surface area contributed by atoms with E-state index < -0.39 is 12.0 Å². The van der Waals surface area contributed by atoms with Crippen molar-refractivity contribution in [3.63, 3.8) is 0 Å². The number of amides is 2. The molecule has 0 aliphatic carbocycles. The smallest absolute Gasteiger partial charge is 0.257 e. The number of benzene rings is 1. The van der Waals surface area contributed by atoms with E-state index in [-0.39, 0.29) is 17.8 Å². The molecule has 1 heterocycles. The topological polar surface area (TPSA) is 117 Å². The molecule has 2 amide bonds. The van der Waals surface area contributed by atoms with Gasteiger partial charge >= 0.3 is 0 Å². The maximum Gasteiger partial charge on any atom is 0.257 e. The third-order valence-corrected chi connectivity index (χ3v) is 5.04. The average molecular weight is 451 g/mol. The summed E-state index contributed by atoms with van der Waals surface area (Å²) in [5, 5.41) is 16.1. The third kappa shape index (κ3) is 6.76. The van der Waals surface area contributed by atoms with E-state index in [4.69, 9.17) is 5.73 Å². The lowest BCUT2D eigenvalue weighted by Crippen LogP contribution is -2.30. The Kier molecular flexibility index (Phi) is 8.94. The molecule has 0 aliphatic rings. The highest BCUT2D eigenvalue weighted by Crippen LogP contribution is 2.28. The van der Waals surface area contributed by atoms with E-state index in [2.05, 4.69) is 15.6 Å². The van der Waals surface area contributed by atoms with Crippen molar-refractivity contribution in [1.29, 1.82) is 0 Å². The number of aryl methyl sites for hydroxylation is 1. The van der Waals surface area contributed by atoms with Crippen molar-refractivity contribution in [2.45, 2.75) is 60.1 Å². The Morgan fingerprint density at radius 3 is 2.48 bits per heavy atom. The summed E-state index contributed by atoms with van der Waals surface area (Å²) in [6.45, 7) is 11.4. The number of aliphatic hydroxyl groups is 1. The molecule has 33 heavy (non-hydrogen) atoms. The zero-order valence-corrected chi connectivity index (χ0v) is 20.2. The van der Waals surface area contributed by atoms with Crippen molar-refractivity contribution >= 4 is 23.3 Å². The molecular weight excluding hydrogens is 416 g/mol. The first-order valence-electron chi connectivity index (χ1n) is 11.0. The van der Waals surface area contributed by atoms with E-state index in [1.807, 2.05) is 59.8 Å². The highest BCUT2D eigenvalue weighted by Gasteiger charge is 2.20. The highest BCUT2D eigenvalue weighted by atomic mass is 16.3. The molecule has 176 valence electrons. The number of anilines is 2. The minimum atomic E-state index is -1.26. The summed E-state index contributed by atoms with van der Waals surface area (Å²) >= 11 is 0. The first-order chi connectivity index (χ1) is 15.5. The van der Waals surface area contributed by atoms with Gasteiger partial charge in [0.05, 0.1) is 5.56 Å². The van der Waals surface area contributed by atoms with Gasteiger partial charge in [-0.1, -0.05) is 30.7 Å². The minimum Gasteiger partial charge on any atom is -0.383 e. The lowest BCUT2D eigenvalue weighted by Gasteiger charge is -2.16. The number of nitrogen functional groups attached to an aromatic ring is 1. The van der Waals surface area contributed by atoms with Gasteiger partial charge in [-0.3, -0.25) is 9.59 Å². The maximum absolute atomic E-state index is 12.6. The molecule has 2 aromatic rings. The van der Waals surface area contributed by atoms with Crippen molar-refractivity contribution in [1.82, 2.24) is 10.3 Å². The molecule has 7 heteroatoms. The number of aliphatic hydroxyl groups excluding tert-OH is 1. The lowest BCUT2D eigenvalue weighted by molar-refractivity contribution is -0.122. The molecule has 0 radical (unpaired) electrons. The van der Waals surface area contributed by atoms with Crippen molar-refractivity contribution in [2.75, 3.05) is 11.1 Å². The molecule has 1 aromatic carbocycles. The summed E-state index contributed by atoms with van der Waals surface area (Å²) < 4.78 is 0. The quantitative estimate of drug-likeness (QED) is 0.445. The second kappa shape index (κ2) is 11.4. The monoisotopic (exact) mass is 450 g/mol. The predicted molar refractivity (Wildman–Crippen MR) is 134 cm³/mol. The first-order valence-corrected chi connectivity index (χ1v) is 11.0. The summed E-state index contributed by atoms with van der Waals surface area (Å²) in [6, 6.07) is 7.10. The van der Waals surface area contributed by atoms with Gasteiger partial charge in [0.15, 0.2) is 6.10 Å². The van der Waals surface area contributed by atoms with Gasteiger partial charge in [-0.25, -0.2) is 4.98 Å². The molecule has 1 atom stereocenters. The molecule has 0 saturated heterocycles. The fraction of sp³-hybridized carbons (Fsp3) is 0.346. The molecule has 7 nitrogen and oxygen atoms in total. The molecule has 0 fully saturated rings. The standard InChI is InChI=1S/C26H34N4O3/c1-7-8-9-20(15(2)3)23(31)26(33)30-19-10-11-21(17(6)12-19)18-13-22(24(27)28-14-18)25(32)29-16(4)5/h8-14,16,23,31H,7H2,1-6H3,(H2,27,28)(H,29,32)(H,30,33)/b9-8-. The molecule has 0 saturated carbocycles. The van der Waals surface area contributed by atoms with E-state index >= 15 is 0 Å². The Hall–Kier alpha value is -3.45. The first kappa shape index (κ1) is 25.8. The van der Waals surface area contributed by atoms with Crippen LogP contribution in [0.1, 0.15) is 57.0 Å². The van der Waals surface area contributed by atoms with Crippen LogP contribution in [-0.2, 0) is 4.79 Å². The Morgan fingerprint density at radius 2 is 1.91 bits per heavy atom. The van der Waals surface area contributed by atoms with Gasteiger partial charge in [0.1, 0.15) is 5.82 Å². The van der Waals surface area contributed by atoms with Gasteiger partial charge in [0.25, 0.3) is 11.8 Å². The van der Waals surface area contributed by atoms with Gasteiger partial charge in [-0.15, -0.1) is 0 Å². The molecule has 0 spiro atoms. The van der Waals surface area contributed by atoms with Crippen LogP contribution in [0, 0.1) is 6.92 Å². The van der Waals surface area contributed by atoms with Gasteiger partial charge in [-0.2, -0.15) is 0 Å². The van der Waals surface area contributed by atoms with Crippen LogP contribution in [0.2, 0.25) is 0 Å². The minimum absolute atomic E-state index is 0.0233. The van der Waals surface area contributed by atoms with Crippen LogP contribution in [0.25, 0.3) is 11.1 Å². The van der Waals surface area contributed by atoms with E-state index in [0.717, 1.165) is 28.7 Å². The number of carbonyl (C=O) groups excluding carboxylic acids is 2. The van der Waals surface area contributed by atoms with E-state index in [0.29, 0.717) is 16.8 Å². The van der Waals surface area contributed by atoms with E-state index in [1.54, 1.807) is 24.4 Å². The average Bonchev–Trinajstić information content (AvgIpc) is 2.73. The number of nitrogens with one attached hydrogen (secondary N) is 2. The number of rotatable bonds is 8. The normalized spacial score (nSPS) is 12.0. The molecule has 1 unspecified atom stereocenters. The number of hydrogen-bond donors (Lipinski definition) is 4. The molecule has 0 aliphatic heterocycles. The van der Waals surface area contributed by atoms with Crippen LogP contribution in [0.15, 0.2) is 53.8 Å². The van der Waals surface area contributed by atoms with Crippen LogP contribution >= 0.6 is 0 Å². The van der Waals surface area contributed by atoms with Crippen LogP contribution in [0.5, 0.6) is 0 Å². The zero-order chi connectivity index (χ0) is 24.7. The van der Waals surface area contributed by atoms with Crippen LogP contribution in [-0.4, -0.2) is 34.1 Å². The maximum atomic E-state index is 12.6. The fourth-order valence-electron chi connectivity index (χ4n) is 3.34. The number of nitrogens with zero attached hydrogens (tertiary/aromatic N) is 1. The molecule has 0 bridgehead atoms. The summed E-state index contributed by atoms with van der Waals surface area (Å²) in [5.41, 5.74) is 10.7. The molecule has 5 N–H and O–H groups in total. The number of nitrogens with two attached hydrogens (primary N) is 1. The third-order valence-electron chi connectivity index (χ3n) is 5.04. The van der Waals surface area contributed by atoms with Crippen LogP contribution < -0.4 is 16.4 Å². The van der Waals surface area contributed by atoms with E-state index in [9.17, 15) is 14.7 Å². The number of hydrogen-bond acceptors (Lipinski definition) is 5. The Labute approximate surface area is 195 Å². The van der Waals surface area contributed by atoms with E-state index in [1.165, 1.54) is 0 Å². The summed E-state index contributed by atoms with van der Waals surface area (Å²) in [6.07, 6.45) is 4.86. The summed E-state index contributed by atoms with van der Waals surface area (Å²) in [5.74, 6) is -0.611. The van der Waals surface area contributed by atoms with Gasteiger partial charge in [0, 0.05) is 23.5 Å². The van der Waals surface area contributed by atoms with Crippen molar-refractivity contribution in [2.24, 2.45) is 0 Å². The SMILES string of the molecule is CC/C=C\C(=C(C)C)C(O)C(=O)Nc1ccc(-c2cnc(N)c(C(=O)NC(C)C)c2)c(C)c1. The molecule has 2 rings (SSSR count). The Morgan fingerprint density at radius 1 is 1.21 bits per heavy atom. The van der Waals surface area contributed by atoms with Crippen molar-refractivity contribution in [3.05, 3.63) is 64.9 Å². The van der Waals surface area contributed by atoms with Gasteiger partial charge in [-0.05, 0) is 75.9 Å². The molecule has 1 aromatic heterocycles. The van der Waals surface area contributed by atoms with Gasteiger partial charge < -0.3 is 21.5 Å². The Bertz CT molecular complexity index is 1080. The number of aromatic nitrogens is 1. The largest absolute Gasteiger partial charge is 0.383 e. The zero-order valence-electron chi connectivity index (χ0n) is 20.2. The molecular formula is C26H34N4O3. The number of pyridine rings is 1. The number of allylic oxidation sites excluding steroid dienone is 2. The van der Waals surface area contributed by atoms with Gasteiger partial charge in [0.2, 0.25) is 0 Å². The second-order valence-corrected chi connectivity index (χ2v) is 8.47.